The third kappa shape index (κ3) is 2.28. The second kappa shape index (κ2) is 3.86. The lowest BCUT2D eigenvalue weighted by Crippen LogP contribution is -2.44. The Morgan fingerprint density at radius 2 is 2.00 bits per heavy atom. The van der Waals surface area contributed by atoms with Crippen LogP contribution in [0.5, 0.6) is 0 Å². The molecule has 5 heteroatoms. The molecular weight excluding hydrogens is 222 g/mol. The van der Waals surface area contributed by atoms with Crippen LogP contribution in [0.1, 0.15) is 13.3 Å². The topological polar surface area (TPSA) is 37.3 Å². The first-order chi connectivity index (χ1) is 5.25. The van der Waals surface area contributed by atoms with Gasteiger partial charge in [-0.15, -0.1) is 18.2 Å². The highest BCUT2D eigenvalue weighted by Gasteiger charge is 2.50. The van der Waals surface area contributed by atoms with Crippen molar-refractivity contribution in [2.45, 2.75) is 22.6 Å². The molecule has 0 aromatic rings. The van der Waals surface area contributed by atoms with E-state index in [-0.39, 0.29) is 6.42 Å². The third-order valence-electron chi connectivity index (χ3n) is 1.45. The van der Waals surface area contributed by atoms with Gasteiger partial charge in [-0.1, -0.05) is 29.3 Å². The van der Waals surface area contributed by atoms with Crippen LogP contribution in [0.4, 0.5) is 0 Å². The van der Waals surface area contributed by atoms with Gasteiger partial charge in [0, 0.05) is 0 Å². The molecule has 0 aromatic carbocycles. The van der Waals surface area contributed by atoms with Crippen molar-refractivity contribution in [1.82, 2.24) is 0 Å². The molecule has 0 radical (unpaired) electrons. The van der Waals surface area contributed by atoms with E-state index in [1.54, 1.807) is 0 Å². The number of carbonyl (C=O) groups is 1. The fourth-order valence-electron chi connectivity index (χ4n) is 0.622. The Kier molecular flexibility index (Phi) is 3.88. The standard InChI is InChI=1S/C7H9Cl3O2/c1-3-4-6(2,8)7(9,10)5(11)12/h3H,1,4H2,2H3,(H,11,12). The molecule has 0 fully saturated rings. The van der Waals surface area contributed by atoms with E-state index in [4.69, 9.17) is 39.9 Å². The van der Waals surface area contributed by atoms with E-state index in [1.165, 1.54) is 13.0 Å². The minimum absolute atomic E-state index is 0.216. The van der Waals surface area contributed by atoms with E-state index in [9.17, 15) is 4.79 Å². The number of hydrogen-bond donors (Lipinski definition) is 1. The molecule has 1 unspecified atom stereocenters. The van der Waals surface area contributed by atoms with Gasteiger partial charge in [-0.2, -0.15) is 0 Å². The van der Waals surface area contributed by atoms with Crippen LogP contribution in [0, 0.1) is 0 Å². The fraction of sp³-hybridized carbons (Fsp3) is 0.571. The zero-order valence-electron chi connectivity index (χ0n) is 6.48. The molecule has 0 rings (SSSR count). The van der Waals surface area contributed by atoms with Crippen LogP contribution in [0.25, 0.3) is 0 Å². The smallest absolute Gasteiger partial charge is 0.342 e. The summed E-state index contributed by atoms with van der Waals surface area (Å²) < 4.78 is -2.00. The summed E-state index contributed by atoms with van der Waals surface area (Å²) in [5, 5.41) is 8.62. The Labute approximate surface area is 86.1 Å². The van der Waals surface area contributed by atoms with E-state index < -0.39 is 15.2 Å². The zero-order valence-corrected chi connectivity index (χ0v) is 8.75. The summed E-state index contributed by atoms with van der Waals surface area (Å²) in [5.74, 6) is -1.36. The van der Waals surface area contributed by atoms with Gasteiger partial charge in [-0.3, -0.25) is 0 Å². The molecule has 0 heterocycles. The highest BCUT2D eigenvalue weighted by Crippen LogP contribution is 2.41. The summed E-state index contributed by atoms with van der Waals surface area (Å²) in [4.78, 5) is 9.31. The van der Waals surface area contributed by atoms with Crippen LogP contribution in [0.2, 0.25) is 0 Å². The summed E-state index contributed by atoms with van der Waals surface area (Å²) in [5.41, 5.74) is 0. The van der Waals surface area contributed by atoms with E-state index in [2.05, 4.69) is 6.58 Å². The predicted molar refractivity (Wildman–Crippen MR) is 51.1 cm³/mol. The molecule has 12 heavy (non-hydrogen) atoms. The number of halogens is 3. The number of alkyl halides is 3. The molecule has 0 bridgehead atoms. The van der Waals surface area contributed by atoms with Gasteiger partial charge in [0.05, 0.1) is 4.87 Å². The van der Waals surface area contributed by atoms with Gasteiger partial charge in [0.25, 0.3) is 0 Å². The van der Waals surface area contributed by atoms with Crippen molar-refractivity contribution in [2.75, 3.05) is 0 Å². The highest BCUT2D eigenvalue weighted by atomic mass is 35.5. The molecule has 2 nitrogen and oxygen atoms in total. The summed E-state index contributed by atoms with van der Waals surface area (Å²) in [6.45, 7) is 4.87. The van der Waals surface area contributed by atoms with Crippen LogP contribution < -0.4 is 0 Å². The molecule has 0 aliphatic carbocycles. The Bertz CT molecular complexity index is 199. The molecule has 0 aliphatic heterocycles. The van der Waals surface area contributed by atoms with E-state index in [0.29, 0.717) is 0 Å². The lowest BCUT2D eigenvalue weighted by atomic mass is 10.0. The largest absolute Gasteiger partial charge is 0.479 e. The molecule has 0 aliphatic rings. The SMILES string of the molecule is C=CCC(C)(Cl)C(Cl)(Cl)C(=O)O. The maximum absolute atomic E-state index is 10.6. The van der Waals surface area contributed by atoms with Crippen molar-refractivity contribution in [3.63, 3.8) is 0 Å². The van der Waals surface area contributed by atoms with Crippen molar-refractivity contribution in [1.29, 1.82) is 0 Å². The first-order valence-electron chi connectivity index (χ1n) is 3.16. The first-order valence-corrected chi connectivity index (χ1v) is 4.30. The summed E-state index contributed by atoms with van der Waals surface area (Å²) >= 11 is 16.9. The predicted octanol–water partition coefficient (Wildman–Crippen LogP) is 2.82. The molecular formula is C7H9Cl3O2. The van der Waals surface area contributed by atoms with E-state index in [1.807, 2.05) is 0 Å². The van der Waals surface area contributed by atoms with Gasteiger partial charge in [-0.05, 0) is 13.3 Å². The Morgan fingerprint density at radius 1 is 1.58 bits per heavy atom. The maximum Gasteiger partial charge on any atom is 0.342 e. The van der Waals surface area contributed by atoms with Gasteiger partial charge in [0.15, 0.2) is 0 Å². The van der Waals surface area contributed by atoms with E-state index in [0.717, 1.165) is 0 Å². The fourth-order valence-corrected chi connectivity index (χ4v) is 0.966. The number of carboxylic acid groups (broad SMARTS) is 1. The lowest BCUT2D eigenvalue weighted by molar-refractivity contribution is -0.138. The average molecular weight is 232 g/mol. The van der Waals surface area contributed by atoms with Crippen LogP contribution in [-0.2, 0) is 4.79 Å². The second-order valence-corrected chi connectivity index (χ2v) is 4.73. The molecule has 70 valence electrons. The Morgan fingerprint density at radius 3 is 2.25 bits per heavy atom. The molecule has 0 aromatic heterocycles. The summed E-state index contributed by atoms with van der Waals surface area (Å²) in [6.07, 6.45) is 1.68. The summed E-state index contributed by atoms with van der Waals surface area (Å²) in [6, 6.07) is 0. The number of hydrogen-bond acceptors (Lipinski definition) is 1. The maximum atomic E-state index is 10.6. The van der Waals surface area contributed by atoms with Crippen molar-refractivity contribution >= 4 is 40.8 Å². The van der Waals surface area contributed by atoms with Crippen molar-refractivity contribution in [3.05, 3.63) is 12.7 Å². The van der Waals surface area contributed by atoms with E-state index >= 15 is 0 Å². The van der Waals surface area contributed by atoms with Gasteiger partial charge in [0.1, 0.15) is 0 Å². The highest BCUT2D eigenvalue weighted by molar-refractivity contribution is 6.61. The van der Waals surface area contributed by atoms with Crippen LogP contribution in [0.15, 0.2) is 12.7 Å². The van der Waals surface area contributed by atoms with Gasteiger partial charge in [0.2, 0.25) is 4.33 Å². The van der Waals surface area contributed by atoms with Gasteiger partial charge < -0.3 is 5.11 Å². The molecule has 0 spiro atoms. The Hall–Kier alpha value is 0.0800. The molecule has 0 saturated heterocycles. The molecule has 0 saturated carbocycles. The molecule has 1 N–H and O–H groups in total. The van der Waals surface area contributed by atoms with Crippen molar-refractivity contribution in [2.24, 2.45) is 0 Å². The monoisotopic (exact) mass is 230 g/mol. The second-order valence-electron chi connectivity index (χ2n) is 2.57. The Balaban J connectivity index is 4.73. The molecule has 0 amide bonds. The third-order valence-corrected chi connectivity index (χ3v) is 3.24. The minimum atomic E-state index is -2.00. The first kappa shape index (κ1) is 12.1. The van der Waals surface area contributed by atoms with Gasteiger partial charge >= 0.3 is 5.97 Å². The van der Waals surface area contributed by atoms with Crippen molar-refractivity contribution < 1.29 is 9.90 Å². The summed E-state index contributed by atoms with van der Waals surface area (Å²) in [7, 11) is 0. The van der Waals surface area contributed by atoms with Crippen LogP contribution in [-0.4, -0.2) is 20.3 Å². The number of carboxylic acids is 1. The number of allylic oxidation sites excluding steroid dienone is 1. The normalized spacial score (nSPS) is 16.7. The van der Waals surface area contributed by atoms with Gasteiger partial charge in [-0.25, -0.2) is 4.79 Å². The van der Waals surface area contributed by atoms with Crippen molar-refractivity contribution in [3.8, 4) is 0 Å². The lowest BCUT2D eigenvalue weighted by Gasteiger charge is -2.30. The zero-order chi connectivity index (χ0) is 9.99. The quantitative estimate of drug-likeness (QED) is 0.597. The minimum Gasteiger partial charge on any atom is -0.479 e. The average Bonchev–Trinajstić information content (AvgIpc) is 1.86. The molecule has 1 atom stereocenters. The number of aliphatic carboxylic acids is 1. The number of rotatable bonds is 4. The van der Waals surface area contributed by atoms with Crippen LogP contribution >= 0.6 is 34.8 Å². The van der Waals surface area contributed by atoms with Crippen LogP contribution in [0.3, 0.4) is 0 Å².